The Morgan fingerprint density at radius 1 is 1.45 bits per heavy atom. The number of methoxy groups -OCH3 is 1. The first-order valence-corrected chi connectivity index (χ1v) is 4.10. The maximum atomic E-state index is 9.44. The van der Waals surface area contributed by atoms with Crippen LogP contribution in [0.3, 0.4) is 0 Å². The van der Waals surface area contributed by atoms with Crippen molar-refractivity contribution in [3.63, 3.8) is 0 Å². The second kappa shape index (κ2) is 3.52. The molecule has 0 amide bonds. The predicted octanol–water partition coefficient (Wildman–Crippen LogP) is 0.0863. The summed E-state index contributed by atoms with van der Waals surface area (Å²) in [4.78, 5) is 2.22. The molecule has 0 aromatic carbocycles. The van der Waals surface area contributed by atoms with Crippen molar-refractivity contribution in [3.05, 3.63) is 0 Å². The van der Waals surface area contributed by atoms with Gasteiger partial charge in [-0.25, -0.2) is 0 Å². The lowest BCUT2D eigenvalue weighted by Crippen LogP contribution is -2.29. The Morgan fingerprint density at radius 2 is 2.09 bits per heavy atom. The van der Waals surface area contributed by atoms with E-state index in [0.717, 1.165) is 13.1 Å². The molecule has 1 aliphatic heterocycles. The minimum absolute atomic E-state index is 0.0115. The van der Waals surface area contributed by atoms with Crippen molar-refractivity contribution in [1.29, 1.82) is 0 Å². The van der Waals surface area contributed by atoms with E-state index in [1.54, 1.807) is 7.11 Å². The zero-order valence-corrected chi connectivity index (χ0v) is 7.45. The van der Waals surface area contributed by atoms with E-state index in [9.17, 15) is 5.11 Å². The summed E-state index contributed by atoms with van der Waals surface area (Å²) in [5.74, 6) is 0. The molecule has 1 N–H and O–H groups in total. The SMILES string of the molecule is CO[C@@H]1CN(C(C)C)C[C@@H]1O. The number of ether oxygens (including phenoxy) is 1. The third kappa shape index (κ3) is 1.92. The third-order valence-corrected chi connectivity index (χ3v) is 2.30. The fraction of sp³-hybridized carbons (Fsp3) is 1.00. The summed E-state index contributed by atoms with van der Waals surface area (Å²) in [6, 6.07) is 0.504. The molecular formula is C8H17NO2. The van der Waals surface area contributed by atoms with Crippen molar-refractivity contribution in [2.45, 2.75) is 32.1 Å². The van der Waals surface area contributed by atoms with Gasteiger partial charge in [-0.15, -0.1) is 0 Å². The molecule has 1 heterocycles. The molecule has 1 aliphatic rings. The molecule has 0 aromatic heterocycles. The van der Waals surface area contributed by atoms with E-state index in [1.807, 2.05) is 0 Å². The van der Waals surface area contributed by atoms with Crippen LogP contribution in [0.5, 0.6) is 0 Å². The molecule has 0 spiro atoms. The Hall–Kier alpha value is -0.120. The number of aliphatic hydroxyl groups excluding tert-OH is 1. The van der Waals surface area contributed by atoms with Gasteiger partial charge in [-0.2, -0.15) is 0 Å². The Kier molecular flexibility index (Phi) is 2.87. The molecule has 66 valence electrons. The average Bonchev–Trinajstić information content (AvgIpc) is 2.31. The first-order valence-electron chi connectivity index (χ1n) is 4.10. The molecule has 0 bridgehead atoms. The first kappa shape index (κ1) is 8.97. The summed E-state index contributed by atoms with van der Waals surface area (Å²) in [5.41, 5.74) is 0. The van der Waals surface area contributed by atoms with Gasteiger partial charge >= 0.3 is 0 Å². The molecule has 3 nitrogen and oxygen atoms in total. The summed E-state index contributed by atoms with van der Waals surface area (Å²) in [6.45, 7) is 5.86. The second-order valence-corrected chi connectivity index (χ2v) is 3.39. The lowest BCUT2D eigenvalue weighted by molar-refractivity contribution is 0.0214. The number of rotatable bonds is 2. The van der Waals surface area contributed by atoms with Gasteiger partial charge in [0.05, 0.1) is 12.2 Å². The summed E-state index contributed by atoms with van der Waals surface area (Å²) >= 11 is 0. The smallest absolute Gasteiger partial charge is 0.0969 e. The van der Waals surface area contributed by atoms with Crippen LogP contribution >= 0.6 is 0 Å². The Labute approximate surface area is 68.0 Å². The predicted molar refractivity (Wildman–Crippen MR) is 43.5 cm³/mol. The maximum absolute atomic E-state index is 9.44. The molecule has 0 aliphatic carbocycles. The van der Waals surface area contributed by atoms with Crippen molar-refractivity contribution in [2.75, 3.05) is 20.2 Å². The zero-order chi connectivity index (χ0) is 8.43. The van der Waals surface area contributed by atoms with E-state index in [2.05, 4.69) is 18.7 Å². The molecule has 0 radical (unpaired) electrons. The number of likely N-dealkylation sites (tertiary alicyclic amines) is 1. The normalized spacial score (nSPS) is 33.5. The van der Waals surface area contributed by atoms with Crippen molar-refractivity contribution in [1.82, 2.24) is 4.90 Å². The minimum atomic E-state index is -0.303. The standard InChI is InChI=1S/C8H17NO2/c1-6(2)9-4-7(10)8(5-9)11-3/h6-8,10H,4-5H2,1-3H3/t7-,8+/m0/s1. The van der Waals surface area contributed by atoms with Crippen LogP contribution in [-0.4, -0.2) is 48.5 Å². The highest BCUT2D eigenvalue weighted by molar-refractivity contribution is 4.85. The van der Waals surface area contributed by atoms with Crippen LogP contribution in [0.25, 0.3) is 0 Å². The second-order valence-electron chi connectivity index (χ2n) is 3.39. The van der Waals surface area contributed by atoms with Crippen molar-refractivity contribution in [3.8, 4) is 0 Å². The van der Waals surface area contributed by atoms with Gasteiger partial charge in [-0.05, 0) is 13.8 Å². The highest BCUT2D eigenvalue weighted by atomic mass is 16.5. The Bertz CT molecular complexity index is 127. The summed E-state index contributed by atoms with van der Waals surface area (Å²) in [6.07, 6.45) is -0.292. The van der Waals surface area contributed by atoms with E-state index in [-0.39, 0.29) is 12.2 Å². The Morgan fingerprint density at radius 3 is 2.36 bits per heavy atom. The molecular weight excluding hydrogens is 142 g/mol. The van der Waals surface area contributed by atoms with Crippen molar-refractivity contribution < 1.29 is 9.84 Å². The average molecular weight is 159 g/mol. The van der Waals surface area contributed by atoms with Crippen LogP contribution in [0.1, 0.15) is 13.8 Å². The minimum Gasteiger partial charge on any atom is -0.389 e. The molecule has 1 saturated heterocycles. The molecule has 11 heavy (non-hydrogen) atoms. The van der Waals surface area contributed by atoms with Gasteiger partial charge in [0.2, 0.25) is 0 Å². The van der Waals surface area contributed by atoms with Gasteiger partial charge in [0.1, 0.15) is 0 Å². The van der Waals surface area contributed by atoms with Gasteiger partial charge in [-0.1, -0.05) is 0 Å². The van der Waals surface area contributed by atoms with Gasteiger partial charge in [0.25, 0.3) is 0 Å². The molecule has 1 rings (SSSR count). The number of nitrogens with zero attached hydrogens (tertiary/aromatic N) is 1. The molecule has 0 unspecified atom stereocenters. The lowest BCUT2D eigenvalue weighted by atomic mass is 10.3. The van der Waals surface area contributed by atoms with E-state index in [1.165, 1.54) is 0 Å². The van der Waals surface area contributed by atoms with Crippen LogP contribution in [0.2, 0.25) is 0 Å². The number of hydrogen-bond acceptors (Lipinski definition) is 3. The van der Waals surface area contributed by atoms with E-state index in [0.29, 0.717) is 6.04 Å². The van der Waals surface area contributed by atoms with Crippen LogP contribution in [0.15, 0.2) is 0 Å². The topological polar surface area (TPSA) is 32.7 Å². The van der Waals surface area contributed by atoms with Gasteiger partial charge in [0.15, 0.2) is 0 Å². The van der Waals surface area contributed by atoms with Gasteiger partial charge < -0.3 is 9.84 Å². The first-order chi connectivity index (χ1) is 5.15. The summed E-state index contributed by atoms with van der Waals surface area (Å²) in [5, 5.41) is 9.44. The zero-order valence-electron chi connectivity index (χ0n) is 7.45. The van der Waals surface area contributed by atoms with Crippen LogP contribution in [-0.2, 0) is 4.74 Å². The van der Waals surface area contributed by atoms with Crippen LogP contribution < -0.4 is 0 Å². The van der Waals surface area contributed by atoms with Gasteiger partial charge in [-0.3, -0.25) is 4.90 Å². The molecule has 2 atom stereocenters. The lowest BCUT2D eigenvalue weighted by Gasteiger charge is -2.19. The number of aliphatic hydroxyl groups is 1. The molecule has 0 saturated carbocycles. The van der Waals surface area contributed by atoms with Crippen molar-refractivity contribution >= 4 is 0 Å². The Balaban J connectivity index is 2.43. The largest absolute Gasteiger partial charge is 0.389 e. The number of hydrogen-bond donors (Lipinski definition) is 1. The maximum Gasteiger partial charge on any atom is 0.0969 e. The fourth-order valence-electron chi connectivity index (χ4n) is 1.44. The van der Waals surface area contributed by atoms with Crippen LogP contribution in [0.4, 0.5) is 0 Å². The molecule has 1 fully saturated rings. The fourth-order valence-corrected chi connectivity index (χ4v) is 1.44. The highest BCUT2D eigenvalue weighted by Crippen LogP contribution is 2.14. The monoisotopic (exact) mass is 159 g/mol. The highest BCUT2D eigenvalue weighted by Gasteiger charge is 2.32. The number of β-amino-alcohol motifs (C(OH)–C–C–N with tert-alkyl or cyclic N) is 1. The molecule has 3 heteroatoms. The van der Waals surface area contributed by atoms with Crippen LogP contribution in [0, 0.1) is 0 Å². The van der Waals surface area contributed by atoms with Crippen molar-refractivity contribution in [2.24, 2.45) is 0 Å². The molecule has 0 aromatic rings. The quantitative estimate of drug-likeness (QED) is 0.619. The van der Waals surface area contributed by atoms with E-state index < -0.39 is 0 Å². The van der Waals surface area contributed by atoms with Gasteiger partial charge in [0, 0.05) is 26.2 Å². The van der Waals surface area contributed by atoms with E-state index in [4.69, 9.17) is 4.74 Å². The van der Waals surface area contributed by atoms with E-state index >= 15 is 0 Å². The summed E-state index contributed by atoms with van der Waals surface area (Å²) < 4.78 is 5.11. The third-order valence-electron chi connectivity index (χ3n) is 2.30. The summed E-state index contributed by atoms with van der Waals surface area (Å²) in [7, 11) is 1.65.